The van der Waals surface area contributed by atoms with Gasteiger partial charge in [0.2, 0.25) is 5.91 Å². The first kappa shape index (κ1) is 24.4. The minimum Gasteiger partial charge on any atom is -0.495 e. The van der Waals surface area contributed by atoms with Crippen molar-refractivity contribution >= 4 is 17.6 Å². The molecule has 0 saturated carbocycles. The van der Waals surface area contributed by atoms with Gasteiger partial charge in [0.1, 0.15) is 17.9 Å². The molecule has 8 heteroatoms. The van der Waals surface area contributed by atoms with Crippen LogP contribution in [0.25, 0.3) is 22.4 Å². The fourth-order valence-electron chi connectivity index (χ4n) is 3.83. The van der Waals surface area contributed by atoms with Crippen molar-refractivity contribution in [1.29, 1.82) is 0 Å². The maximum Gasteiger partial charge on any atom is 0.344 e. The first-order valence-corrected chi connectivity index (χ1v) is 11.4. The van der Waals surface area contributed by atoms with E-state index in [-0.39, 0.29) is 12.2 Å². The maximum atomic E-state index is 13.6. The molecule has 0 aliphatic heterocycles. The predicted molar refractivity (Wildman–Crippen MR) is 137 cm³/mol. The molecule has 0 aliphatic rings. The van der Waals surface area contributed by atoms with Crippen LogP contribution < -0.4 is 15.6 Å². The minimum atomic E-state index is -0.778. The van der Waals surface area contributed by atoms with Crippen LogP contribution in [0.15, 0.2) is 89.7 Å². The van der Waals surface area contributed by atoms with E-state index in [0.717, 1.165) is 4.68 Å². The molecule has 0 fully saturated rings. The van der Waals surface area contributed by atoms with Gasteiger partial charge in [-0.1, -0.05) is 72.8 Å². The third kappa shape index (κ3) is 5.17. The largest absolute Gasteiger partial charge is 0.495 e. The number of ether oxygens (including phenoxy) is 2. The van der Waals surface area contributed by atoms with Crippen LogP contribution in [0.2, 0.25) is 0 Å². The monoisotopic (exact) mass is 483 g/mol. The van der Waals surface area contributed by atoms with Gasteiger partial charge >= 0.3 is 5.97 Å². The van der Waals surface area contributed by atoms with Gasteiger partial charge in [0, 0.05) is 11.1 Å². The highest BCUT2D eigenvalue weighted by Crippen LogP contribution is 2.32. The van der Waals surface area contributed by atoms with E-state index in [1.165, 1.54) is 7.11 Å². The second-order valence-corrected chi connectivity index (χ2v) is 7.76. The van der Waals surface area contributed by atoms with E-state index in [4.69, 9.17) is 9.47 Å². The number of rotatable bonds is 8. The first-order chi connectivity index (χ1) is 17.5. The van der Waals surface area contributed by atoms with Crippen molar-refractivity contribution in [2.45, 2.75) is 13.5 Å². The number of nitrogens with one attached hydrogen (secondary N) is 1. The highest BCUT2D eigenvalue weighted by molar-refractivity contribution is 6.01. The second-order valence-electron chi connectivity index (χ2n) is 7.76. The lowest BCUT2D eigenvalue weighted by atomic mass is 9.95. The van der Waals surface area contributed by atoms with Crippen LogP contribution in [0.5, 0.6) is 5.75 Å². The zero-order valence-electron chi connectivity index (χ0n) is 19.9. The van der Waals surface area contributed by atoms with E-state index in [9.17, 15) is 14.4 Å². The highest BCUT2D eigenvalue weighted by Gasteiger charge is 2.26. The molecule has 182 valence electrons. The Kier molecular flexibility index (Phi) is 7.55. The fourth-order valence-corrected chi connectivity index (χ4v) is 3.83. The van der Waals surface area contributed by atoms with Crippen molar-refractivity contribution in [3.8, 4) is 28.1 Å². The minimum absolute atomic E-state index is 0.0871. The SMILES string of the molecule is CCOC(=O)c1c(-c2ccccc2)c(-c2ccccc2)nn(CC(=O)Nc2ccccc2OC)c1=O. The molecule has 3 aromatic carbocycles. The van der Waals surface area contributed by atoms with Gasteiger partial charge in [-0.3, -0.25) is 9.59 Å². The summed E-state index contributed by atoms with van der Waals surface area (Å²) in [5.41, 5.74) is 1.61. The Hall–Kier alpha value is -4.72. The lowest BCUT2D eigenvalue weighted by Crippen LogP contribution is -2.35. The Labute approximate surface area is 208 Å². The van der Waals surface area contributed by atoms with E-state index in [0.29, 0.717) is 33.8 Å². The third-order valence-electron chi connectivity index (χ3n) is 5.42. The number of anilines is 1. The maximum absolute atomic E-state index is 13.6. The molecular formula is C28H25N3O5. The first-order valence-electron chi connectivity index (χ1n) is 11.4. The van der Waals surface area contributed by atoms with Gasteiger partial charge in [-0.05, 0) is 24.6 Å². The summed E-state index contributed by atoms with van der Waals surface area (Å²) in [6, 6.07) is 25.2. The molecule has 0 spiro atoms. The summed E-state index contributed by atoms with van der Waals surface area (Å²) in [5, 5.41) is 7.29. The molecule has 1 N–H and O–H groups in total. The Morgan fingerprint density at radius 1 is 0.889 bits per heavy atom. The van der Waals surface area contributed by atoms with Crippen LogP contribution in [0.3, 0.4) is 0 Å². The molecule has 1 heterocycles. The van der Waals surface area contributed by atoms with E-state index in [1.54, 1.807) is 43.3 Å². The second kappa shape index (κ2) is 11.1. The summed E-state index contributed by atoms with van der Waals surface area (Å²) in [4.78, 5) is 39.6. The van der Waals surface area contributed by atoms with E-state index in [2.05, 4.69) is 10.4 Å². The summed E-state index contributed by atoms with van der Waals surface area (Å²) in [7, 11) is 1.50. The molecule has 0 unspecified atom stereocenters. The Morgan fingerprint density at radius 3 is 2.14 bits per heavy atom. The number of esters is 1. The van der Waals surface area contributed by atoms with E-state index >= 15 is 0 Å². The number of para-hydroxylation sites is 2. The quantitative estimate of drug-likeness (QED) is 0.373. The van der Waals surface area contributed by atoms with Gasteiger partial charge in [-0.15, -0.1) is 0 Å². The van der Waals surface area contributed by atoms with Crippen LogP contribution >= 0.6 is 0 Å². The molecular weight excluding hydrogens is 458 g/mol. The molecule has 0 saturated heterocycles. The molecule has 0 radical (unpaired) electrons. The molecule has 1 amide bonds. The third-order valence-corrected chi connectivity index (χ3v) is 5.42. The summed E-state index contributed by atoms with van der Waals surface area (Å²) >= 11 is 0. The average Bonchev–Trinajstić information content (AvgIpc) is 2.91. The molecule has 36 heavy (non-hydrogen) atoms. The van der Waals surface area contributed by atoms with E-state index < -0.39 is 24.0 Å². The standard InChI is InChI=1S/C28H25N3O5/c1-3-36-28(34)25-24(19-12-6-4-7-13-19)26(20-14-8-5-9-15-20)30-31(27(25)33)18-23(32)29-21-16-10-11-17-22(21)35-2/h4-17H,3,18H2,1-2H3,(H,29,32). The van der Waals surface area contributed by atoms with Gasteiger partial charge in [0.15, 0.2) is 0 Å². The average molecular weight is 484 g/mol. The van der Waals surface area contributed by atoms with Gasteiger partial charge < -0.3 is 14.8 Å². The topological polar surface area (TPSA) is 99.5 Å². The lowest BCUT2D eigenvalue weighted by molar-refractivity contribution is -0.117. The van der Waals surface area contributed by atoms with Crippen molar-refractivity contribution in [1.82, 2.24) is 9.78 Å². The number of benzene rings is 3. The van der Waals surface area contributed by atoms with Crippen LogP contribution in [-0.4, -0.2) is 35.4 Å². The van der Waals surface area contributed by atoms with Gasteiger partial charge in [-0.25, -0.2) is 9.48 Å². The lowest BCUT2D eigenvalue weighted by Gasteiger charge is -2.17. The number of amides is 1. The molecule has 4 aromatic rings. The van der Waals surface area contributed by atoms with Crippen molar-refractivity contribution in [2.24, 2.45) is 0 Å². The molecule has 0 bridgehead atoms. The van der Waals surface area contributed by atoms with Crippen molar-refractivity contribution < 1.29 is 19.1 Å². The molecule has 8 nitrogen and oxygen atoms in total. The Morgan fingerprint density at radius 2 is 1.50 bits per heavy atom. The van der Waals surface area contributed by atoms with Crippen LogP contribution in [0.1, 0.15) is 17.3 Å². The smallest absolute Gasteiger partial charge is 0.344 e. The van der Waals surface area contributed by atoms with Gasteiger partial charge in [0.05, 0.1) is 25.1 Å². The number of aromatic nitrogens is 2. The Bertz CT molecular complexity index is 1430. The van der Waals surface area contributed by atoms with Crippen LogP contribution in [-0.2, 0) is 16.1 Å². The zero-order chi connectivity index (χ0) is 25.5. The van der Waals surface area contributed by atoms with Crippen LogP contribution in [0.4, 0.5) is 5.69 Å². The summed E-state index contributed by atoms with van der Waals surface area (Å²) in [6.45, 7) is 1.33. The normalized spacial score (nSPS) is 10.5. The summed E-state index contributed by atoms with van der Waals surface area (Å²) in [5.74, 6) is -0.807. The fraction of sp³-hybridized carbons (Fsp3) is 0.143. The molecule has 0 aliphatic carbocycles. The number of carbonyl (C=O) groups excluding carboxylic acids is 2. The number of hydrogen-bond donors (Lipinski definition) is 1. The van der Waals surface area contributed by atoms with Crippen molar-refractivity contribution in [3.05, 3.63) is 101 Å². The Balaban J connectivity index is 1.87. The molecule has 4 rings (SSSR count). The number of carbonyl (C=O) groups is 2. The number of hydrogen-bond acceptors (Lipinski definition) is 6. The van der Waals surface area contributed by atoms with E-state index in [1.807, 2.05) is 48.5 Å². The number of methoxy groups -OCH3 is 1. The van der Waals surface area contributed by atoms with Crippen LogP contribution in [0, 0.1) is 0 Å². The summed E-state index contributed by atoms with van der Waals surface area (Å²) < 4.78 is 11.5. The summed E-state index contributed by atoms with van der Waals surface area (Å²) in [6.07, 6.45) is 0. The predicted octanol–water partition coefficient (Wildman–Crippen LogP) is 4.40. The van der Waals surface area contributed by atoms with Gasteiger partial charge in [0.25, 0.3) is 5.56 Å². The van der Waals surface area contributed by atoms with Crippen molar-refractivity contribution in [3.63, 3.8) is 0 Å². The van der Waals surface area contributed by atoms with Crippen molar-refractivity contribution in [2.75, 3.05) is 19.0 Å². The molecule has 1 aromatic heterocycles. The number of nitrogens with zero attached hydrogens (tertiary/aromatic N) is 2. The highest BCUT2D eigenvalue weighted by atomic mass is 16.5. The molecule has 0 atom stereocenters. The van der Waals surface area contributed by atoms with Gasteiger partial charge in [-0.2, -0.15) is 5.10 Å². The zero-order valence-corrected chi connectivity index (χ0v) is 19.9.